The summed E-state index contributed by atoms with van der Waals surface area (Å²) in [5.74, 6) is 0.827. The molecule has 1 heterocycles. The van der Waals surface area contributed by atoms with E-state index in [1.807, 2.05) is 0 Å². The number of hydrogen-bond acceptors (Lipinski definition) is 3. The van der Waals surface area contributed by atoms with Crippen LogP contribution in [-0.2, 0) is 0 Å². The molecule has 0 aromatic carbocycles. The first kappa shape index (κ1) is 13.3. The Morgan fingerprint density at radius 2 is 2.12 bits per heavy atom. The molecule has 1 aliphatic heterocycles. The van der Waals surface area contributed by atoms with Gasteiger partial charge in [-0.2, -0.15) is 0 Å². The number of likely N-dealkylation sites (N-methyl/N-ethyl adjacent to an activating group) is 1. The van der Waals surface area contributed by atoms with Gasteiger partial charge >= 0.3 is 0 Å². The van der Waals surface area contributed by atoms with Crippen molar-refractivity contribution in [3.8, 4) is 0 Å². The van der Waals surface area contributed by atoms with Crippen LogP contribution in [0.15, 0.2) is 0 Å². The van der Waals surface area contributed by atoms with Gasteiger partial charge < -0.3 is 10.6 Å². The van der Waals surface area contributed by atoms with Crippen LogP contribution in [0.25, 0.3) is 0 Å². The summed E-state index contributed by atoms with van der Waals surface area (Å²) < 4.78 is 0. The predicted molar refractivity (Wildman–Crippen MR) is 73.1 cm³/mol. The minimum absolute atomic E-state index is 0.333. The van der Waals surface area contributed by atoms with E-state index in [0.717, 1.165) is 18.5 Å². The number of likely N-dealkylation sites (tertiary alicyclic amines) is 1. The van der Waals surface area contributed by atoms with Crippen LogP contribution in [0.5, 0.6) is 0 Å². The van der Waals surface area contributed by atoms with E-state index >= 15 is 0 Å². The quantitative estimate of drug-likeness (QED) is 0.807. The lowest BCUT2D eigenvalue weighted by molar-refractivity contribution is 0.0730. The molecular formula is C14H29N3. The third-order valence-corrected chi connectivity index (χ3v) is 5.29. The Labute approximate surface area is 106 Å². The zero-order valence-electron chi connectivity index (χ0n) is 11.8. The van der Waals surface area contributed by atoms with Crippen molar-refractivity contribution < 1.29 is 0 Å². The van der Waals surface area contributed by atoms with Gasteiger partial charge in [-0.1, -0.05) is 19.8 Å². The Kier molecular flexibility index (Phi) is 4.11. The molecule has 3 heteroatoms. The smallest absolute Gasteiger partial charge is 0.0360 e. The standard InChI is InChI=1S/C14H29N3/c1-4-12-6-5-8-14(12,11-15)17-9-7-13(10-17)16(2)3/h12-13H,4-11,15H2,1-3H3. The summed E-state index contributed by atoms with van der Waals surface area (Å²) in [5, 5.41) is 0. The van der Waals surface area contributed by atoms with Crippen LogP contribution < -0.4 is 5.73 Å². The molecule has 1 aliphatic carbocycles. The minimum atomic E-state index is 0.333. The molecule has 0 amide bonds. The lowest BCUT2D eigenvalue weighted by Gasteiger charge is -2.43. The fourth-order valence-corrected chi connectivity index (χ4v) is 4.09. The van der Waals surface area contributed by atoms with Gasteiger partial charge in [0.25, 0.3) is 0 Å². The summed E-state index contributed by atoms with van der Waals surface area (Å²) in [6.07, 6.45) is 6.68. The monoisotopic (exact) mass is 239 g/mol. The molecule has 0 aromatic rings. The van der Waals surface area contributed by atoms with Crippen molar-refractivity contribution in [1.82, 2.24) is 9.80 Å². The Morgan fingerprint density at radius 1 is 1.35 bits per heavy atom. The van der Waals surface area contributed by atoms with Gasteiger partial charge in [0.1, 0.15) is 0 Å². The largest absolute Gasteiger partial charge is 0.329 e. The van der Waals surface area contributed by atoms with Crippen LogP contribution in [0, 0.1) is 5.92 Å². The van der Waals surface area contributed by atoms with E-state index in [4.69, 9.17) is 5.73 Å². The molecule has 3 nitrogen and oxygen atoms in total. The van der Waals surface area contributed by atoms with Gasteiger partial charge in [0.15, 0.2) is 0 Å². The lowest BCUT2D eigenvalue weighted by Crippen LogP contribution is -2.55. The maximum Gasteiger partial charge on any atom is 0.0360 e. The fourth-order valence-electron chi connectivity index (χ4n) is 4.09. The fraction of sp³-hybridized carbons (Fsp3) is 1.00. The average molecular weight is 239 g/mol. The predicted octanol–water partition coefficient (Wildman–Crippen LogP) is 1.53. The summed E-state index contributed by atoms with van der Waals surface area (Å²) in [6, 6.07) is 0.733. The number of hydrogen-bond donors (Lipinski definition) is 1. The van der Waals surface area contributed by atoms with Crippen LogP contribution in [0.4, 0.5) is 0 Å². The lowest BCUT2D eigenvalue weighted by atomic mass is 9.83. The summed E-state index contributed by atoms with van der Waals surface area (Å²) >= 11 is 0. The zero-order valence-corrected chi connectivity index (χ0v) is 11.8. The first-order chi connectivity index (χ1) is 8.14. The number of rotatable bonds is 4. The third kappa shape index (κ3) is 2.25. The van der Waals surface area contributed by atoms with Gasteiger partial charge in [-0.3, -0.25) is 4.90 Å². The van der Waals surface area contributed by atoms with E-state index in [9.17, 15) is 0 Å². The third-order valence-electron chi connectivity index (χ3n) is 5.29. The summed E-state index contributed by atoms with van der Waals surface area (Å²) in [6.45, 7) is 5.66. The van der Waals surface area contributed by atoms with Gasteiger partial charge in [0.05, 0.1) is 0 Å². The highest BCUT2D eigenvalue weighted by atomic mass is 15.3. The normalized spacial score (nSPS) is 39.4. The summed E-state index contributed by atoms with van der Waals surface area (Å²) in [4.78, 5) is 5.10. The highest BCUT2D eigenvalue weighted by Gasteiger charge is 2.47. The maximum atomic E-state index is 6.18. The van der Waals surface area contributed by atoms with Crippen molar-refractivity contribution in [3.63, 3.8) is 0 Å². The van der Waals surface area contributed by atoms with Crippen molar-refractivity contribution in [2.75, 3.05) is 33.7 Å². The van der Waals surface area contributed by atoms with Gasteiger partial charge in [-0.05, 0) is 39.3 Å². The second-order valence-electron chi connectivity index (χ2n) is 6.16. The van der Waals surface area contributed by atoms with Gasteiger partial charge in [0.2, 0.25) is 0 Å². The maximum absolute atomic E-state index is 6.18. The molecule has 17 heavy (non-hydrogen) atoms. The van der Waals surface area contributed by atoms with E-state index in [1.165, 1.54) is 45.2 Å². The van der Waals surface area contributed by atoms with Crippen LogP contribution in [0.3, 0.4) is 0 Å². The van der Waals surface area contributed by atoms with Gasteiger partial charge in [-0.25, -0.2) is 0 Å². The average Bonchev–Trinajstić information content (AvgIpc) is 2.95. The molecule has 3 atom stereocenters. The minimum Gasteiger partial charge on any atom is -0.329 e. The van der Waals surface area contributed by atoms with E-state index in [-0.39, 0.29) is 0 Å². The van der Waals surface area contributed by atoms with E-state index in [1.54, 1.807) is 0 Å². The van der Waals surface area contributed by atoms with Crippen LogP contribution in [-0.4, -0.2) is 55.1 Å². The number of nitrogens with two attached hydrogens (primary N) is 1. The molecule has 100 valence electrons. The molecule has 1 saturated heterocycles. The summed E-state index contributed by atoms with van der Waals surface area (Å²) in [7, 11) is 4.41. The molecule has 2 aliphatic rings. The molecule has 0 aromatic heterocycles. The molecule has 1 saturated carbocycles. The Balaban J connectivity index is 2.09. The molecule has 0 radical (unpaired) electrons. The first-order valence-corrected chi connectivity index (χ1v) is 7.25. The molecule has 2 N–H and O–H groups in total. The van der Waals surface area contributed by atoms with Crippen molar-refractivity contribution in [1.29, 1.82) is 0 Å². The molecule has 0 bridgehead atoms. The number of nitrogens with zero attached hydrogens (tertiary/aromatic N) is 2. The second-order valence-corrected chi connectivity index (χ2v) is 6.16. The van der Waals surface area contributed by atoms with Crippen molar-refractivity contribution in [3.05, 3.63) is 0 Å². The molecular weight excluding hydrogens is 210 g/mol. The highest BCUT2D eigenvalue weighted by Crippen LogP contribution is 2.43. The Bertz CT molecular complexity index is 254. The SMILES string of the molecule is CCC1CCCC1(CN)N1CCC(N(C)C)C1. The molecule has 2 fully saturated rings. The highest BCUT2D eigenvalue weighted by molar-refractivity contribution is 5.04. The second kappa shape index (κ2) is 5.25. The van der Waals surface area contributed by atoms with E-state index in [0.29, 0.717) is 5.54 Å². The molecule has 3 unspecified atom stereocenters. The van der Waals surface area contributed by atoms with Crippen LogP contribution in [0.2, 0.25) is 0 Å². The van der Waals surface area contributed by atoms with Gasteiger partial charge in [0, 0.05) is 31.2 Å². The van der Waals surface area contributed by atoms with E-state index < -0.39 is 0 Å². The first-order valence-electron chi connectivity index (χ1n) is 7.25. The van der Waals surface area contributed by atoms with E-state index in [2.05, 4.69) is 30.8 Å². The summed E-state index contributed by atoms with van der Waals surface area (Å²) in [5.41, 5.74) is 6.51. The van der Waals surface area contributed by atoms with Crippen molar-refractivity contribution >= 4 is 0 Å². The van der Waals surface area contributed by atoms with Crippen molar-refractivity contribution in [2.45, 2.75) is 50.6 Å². The molecule has 0 spiro atoms. The molecule has 2 rings (SSSR count). The van der Waals surface area contributed by atoms with Crippen molar-refractivity contribution in [2.24, 2.45) is 11.7 Å². The van der Waals surface area contributed by atoms with Crippen LogP contribution >= 0.6 is 0 Å². The Morgan fingerprint density at radius 3 is 2.65 bits per heavy atom. The topological polar surface area (TPSA) is 32.5 Å². The van der Waals surface area contributed by atoms with Gasteiger partial charge in [-0.15, -0.1) is 0 Å². The Hall–Kier alpha value is -0.120. The zero-order chi connectivity index (χ0) is 12.5. The van der Waals surface area contributed by atoms with Crippen LogP contribution in [0.1, 0.15) is 39.0 Å².